The van der Waals surface area contributed by atoms with Crippen molar-refractivity contribution in [2.45, 2.75) is 6.42 Å². The molecule has 0 aliphatic heterocycles. The summed E-state index contributed by atoms with van der Waals surface area (Å²) in [6.07, 6.45) is 0.645. The van der Waals surface area contributed by atoms with Crippen molar-refractivity contribution in [3.05, 3.63) is 41.3 Å². The van der Waals surface area contributed by atoms with Gasteiger partial charge in [-0.25, -0.2) is 4.98 Å². The molecule has 0 amide bonds. The van der Waals surface area contributed by atoms with E-state index in [2.05, 4.69) is 15.3 Å². The zero-order valence-electron chi connectivity index (χ0n) is 11.5. The molecule has 0 aliphatic rings. The first kappa shape index (κ1) is 13.8. The number of benzene rings is 1. The number of hydrogen-bond donors (Lipinski definition) is 2. The molecule has 0 spiro atoms. The first-order valence-electron chi connectivity index (χ1n) is 6.61. The number of ether oxygens (including phenoxy) is 1. The lowest BCUT2D eigenvalue weighted by atomic mass is 10.1. The van der Waals surface area contributed by atoms with E-state index in [1.54, 1.807) is 18.4 Å². The molecule has 3 rings (SSSR count). The number of anilines is 1. The van der Waals surface area contributed by atoms with Gasteiger partial charge in [-0.05, 0) is 35.6 Å². The van der Waals surface area contributed by atoms with Gasteiger partial charge in [0, 0.05) is 13.7 Å². The molecule has 0 bridgehead atoms. The van der Waals surface area contributed by atoms with Crippen LogP contribution < -0.4 is 10.1 Å². The standard InChI is InChI=1S/C15H15N3O2S/c1-16-15-17-13(12-7-9-21-14(12)18-15)20-11-4-2-10(3-5-11)6-8-19/h2-5,7,9,19H,6,8H2,1H3,(H,16,17,18). The smallest absolute Gasteiger partial charge is 0.232 e. The van der Waals surface area contributed by atoms with Gasteiger partial charge in [0.25, 0.3) is 0 Å². The van der Waals surface area contributed by atoms with Crippen LogP contribution in [0.4, 0.5) is 5.95 Å². The first-order chi connectivity index (χ1) is 10.3. The second kappa shape index (κ2) is 6.07. The summed E-state index contributed by atoms with van der Waals surface area (Å²) < 4.78 is 5.88. The largest absolute Gasteiger partial charge is 0.438 e. The van der Waals surface area contributed by atoms with Crippen LogP contribution in [0.1, 0.15) is 5.56 Å². The van der Waals surface area contributed by atoms with Gasteiger partial charge in [0.2, 0.25) is 11.8 Å². The van der Waals surface area contributed by atoms with Crippen molar-refractivity contribution in [1.29, 1.82) is 0 Å². The highest BCUT2D eigenvalue weighted by molar-refractivity contribution is 7.16. The number of aromatic nitrogens is 2. The van der Waals surface area contributed by atoms with Crippen molar-refractivity contribution < 1.29 is 9.84 Å². The fourth-order valence-electron chi connectivity index (χ4n) is 1.98. The summed E-state index contributed by atoms with van der Waals surface area (Å²) >= 11 is 1.55. The highest BCUT2D eigenvalue weighted by atomic mass is 32.1. The minimum Gasteiger partial charge on any atom is -0.438 e. The minimum absolute atomic E-state index is 0.146. The summed E-state index contributed by atoms with van der Waals surface area (Å²) in [4.78, 5) is 9.64. The van der Waals surface area contributed by atoms with Gasteiger partial charge >= 0.3 is 0 Å². The maximum Gasteiger partial charge on any atom is 0.232 e. The molecule has 0 saturated heterocycles. The molecule has 2 aromatic heterocycles. The lowest BCUT2D eigenvalue weighted by Gasteiger charge is -2.08. The number of aliphatic hydroxyl groups excluding tert-OH is 1. The van der Waals surface area contributed by atoms with Crippen LogP contribution in [0.3, 0.4) is 0 Å². The molecule has 2 N–H and O–H groups in total. The number of nitrogens with zero attached hydrogens (tertiary/aromatic N) is 2. The molecule has 0 radical (unpaired) electrons. The monoisotopic (exact) mass is 301 g/mol. The summed E-state index contributed by atoms with van der Waals surface area (Å²) in [6, 6.07) is 9.59. The Morgan fingerprint density at radius 1 is 1.19 bits per heavy atom. The Balaban J connectivity index is 1.91. The zero-order chi connectivity index (χ0) is 14.7. The molecule has 0 atom stereocenters. The molecule has 2 heterocycles. The van der Waals surface area contributed by atoms with Crippen molar-refractivity contribution in [2.75, 3.05) is 19.0 Å². The number of nitrogens with one attached hydrogen (secondary N) is 1. The summed E-state index contributed by atoms with van der Waals surface area (Å²) in [7, 11) is 1.78. The van der Waals surface area contributed by atoms with E-state index < -0.39 is 0 Å². The van der Waals surface area contributed by atoms with Gasteiger partial charge in [0.15, 0.2) is 0 Å². The number of rotatable bonds is 5. The molecule has 108 valence electrons. The Labute approximate surface area is 126 Å². The van der Waals surface area contributed by atoms with Crippen molar-refractivity contribution in [2.24, 2.45) is 0 Å². The average molecular weight is 301 g/mol. The summed E-state index contributed by atoms with van der Waals surface area (Å²) in [5.41, 5.74) is 1.07. The average Bonchev–Trinajstić information content (AvgIpc) is 2.98. The number of fused-ring (bicyclic) bond motifs is 1. The molecule has 6 heteroatoms. The zero-order valence-corrected chi connectivity index (χ0v) is 12.4. The van der Waals surface area contributed by atoms with E-state index >= 15 is 0 Å². The van der Waals surface area contributed by atoms with E-state index in [4.69, 9.17) is 9.84 Å². The minimum atomic E-state index is 0.146. The fourth-order valence-corrected chi connectivity index (χ4v) is 2.74. The van der Waals surface area contributed by atoms with Gasteiger partial charge < -0.3 is 15.2 Å². The Bertz CT molecular complexity index is 740. The molecular formula is C15H15N3O2S. The quantitative estimate of drug-likeness (QED) is 0.758. The van der Waals surface area contributed by atoms with E-state index in [-0.39, 0.29) is 6.61 Å². The van der Waals surface area contributed by atoms with E-state index in [9.17, 15) is 0 Å². The van der Waals surface area contributed by atoms with Gasteiger partial charge in [0.1, 0.15) is 10.6 Å². The van der Waals surface area contributed by atoms with Crippen molar-refractivity contribution in [3.8, 4) is 11.6 Å². The van der Waals surface area contributed by atoms with Crippen LogP contribution in [-0.2, 0) is 6.42 Å². The fraction of sp³-hybridized carbons (Fsp3) is 0.200. The van der Waals surface area contributed by atoms with Gasteiger partial charge in [-0.1, -0.05) is 12.1 Å². The molecule has 5 nitrogen and oxygen atoms in total. The van der Waals surface area contributed by atoms with E-state index in [0.29, 0.717) is 24.0 Å². The third-order valence-corrected chi connectivity index (χ3v) is 3.86. The molecule has 0 unspecified atom stereocenters. The van der Waals surface area contributed by atoms with E-state index in [0.717, 1.165) is 15.8 Å². The van der Waals surface area contributed by atoms with Crippen LogP contribution in [0, 0.1) is 0 Å². The molecule has 21 heavy (non-hydrogen) atoms. The second-order valence-corrected chi connectivity index (χ2v) is 5.36. The topological polar surface area (TPSA) is 67.3 Å². The summed E-state index contributed by atoms with van der Waals surface area (Å²) in [5, 5.41) is 14.7. The number of aliphatic hydroxyl groups is 1. The third-order valence-electron chi connectivity index (χ3n) is 3.05. The molecular weight excluding hydrogens is 286 g/mol. The Morgan fingerprint density at radius 2 is 2.00 bits per heavy atom. The van der Waals surface area contributed by atoms with Crippen molar-refractivity contribution >= 4 is 27.5 Å². The number of thiophene rings is 1. The lowest BCUT2D eigenvalue weighted by molar-refractivity contribution is 0.299. The van der Waals surface area contributed by atoms with Gasteiger partial charge in [0.05, 0.1) is 5.39 Å². The van der Waals surface area contributed by atoms with Crippen molar-refractivity contribution in [1.82, 2.24) is 9.97 Å². The van der Waals surface area contributed by atoms with Crippen LogP contribution in [-0.4, -0.2) is 28.7 Å². The predicted molar refractivity (Wildman–Crippen MR) is 84.3 cm³/mol. The lowest BCUT2D eigenvalue weighted by Crippen LogP contribution is -1.98. The Kier molecular flexibility index (Phi) is 3.98. The molecule has 0 aliphatic carbocycles. The van der Waals surface area contributed by atoms with Crippen LogP contribution >= 0.6 is 11.3 Å². The van der Waals surface area contributed by atoms with Crippen LogP contribution in [0.2, 0.25) is 0 Å². The molecule has 3 aromatic rings. The number of hydrogen-bond acceptors (Lipinski definition) is 6. The van der Waals surface area contributed by atoms with Crippen LogP contribution in [0.15, 0.2) is 35.7 Å². The highest BCUT2D eigenvalue weighted by Crippen LogP contribution is 2.31. The molecule has 0 saturated carbocycles. The third kappa shape index (κ3) is 2.96. The van der Waals surface area contributed by atoms with Gasteiger partial charge in [-0.15, -0.1) is 11.3 Å². The maximum absolute atomic E-state index is 8.92. The Hall–Kier alpha value is -2.18. The van der Waals surface area contributed by atoms with Crippen LogP contribution in [0.5, 0.6) is 11.6 Å². The van der Waals surface area contributed by atoms with Gasteiger partial charge in [-0.2, -0.15) is 4.98 Å². The van der Waals surface area contributed by atoms with Gasteiger partial charge in [-0.3, -0.25) is 0 Å². The maximum atomic E-state index is 8.92. The predicted octanol–water partition coefficient (Wildman–Crippen LogP) is 3.06. The van der Waals surface area contributed by atoms with Crippen molar-refractivity contribution in [3.63, 3.8) is 0 Å². The second-order valence-electron chi connectivity index (χ2n) is 4.46. The highest BCUT2D eigenvalue weighted by Gasteiger charge is 2.10. The SMILES string of the molecule is CNc1nc(Oc2ccc(CCO)cc2)c2ccsc2n1. The summed E-state index contributed by atoms with van der Waals surface area (Å²) in [6.45, 7) is 0.146. The Morgan fingerprint density at radius 3 is 2.71 bits per heavy atom. The normalized spacial score (nSPS) is 10.8. The van der Waals surface area contributed by atoms with E-state index in [1.807, 2.05) is 35.7 Å². The van der Waals surface area contributed by atoms with Crippen LogP contribution in [0.25, 0.3) is 10.2 Å². The molecule has 1 aromatic carbocycles. The molecule has 0 fully saturated rings. The summed E-state index contributed by atoms with van der Waals surface area (Å²) in [5.74, 6) is 1.79. The first-order valence-corrected chi connectivity index (χ1v) is 7.49. The van der Waals surface area contributed by atoms with E-state index in [1.165, 1.54) is 0 Å².